The summed E-state index contributed by atoms with van der Waals surface area (Å²) in [5.74, 6) is -2.70. The van der Waals surface area contributed by atoms with E-state index in [-0.39, 0.29) is 25.6 Å². The zero-order valence-corrected chi connectivity index (χ0v) is 18.0. The van der Waals surface area contributed by atoms with Gasteiger partial charge in [0.2, 0.25) is 6.29 Å². The second-order valence-electron chi connectivity index (χ2n) is 6.50. The highest BCUT2D eigenvalue weighted by atomic mass is 16.7. The molecule has 0 aromatic heterocycles. The fraction of sp³-hybridized carbons (Fsp3) is 0.700. The Balaban J connectivity index is 3.10. The van der Waals surface area contributed by atoms with Crippen molar-refractivity contribution in [2.75, 3.05) is 13.7 Å². The van der Waals surface area contributed by atoms with Crippen molar-refractivity contribution in [3.05, 3.63) is 12.2 Å². The molecular formula is C20H30O10. The van der Waals surface area contributed by atoms with Gasteiger partial charge < -0.3 is 28.4 Å². The molecule has 0 saturated carbocycles. The Kier molecular flexibility index (Phi) is 11.1. The van der Waals surface area contributed by atoms with Gasteiger partial charge >= 0.3 is 23.9 Å². The lowest BCUT2D eigenvalue weighted by Crippen LogP contribution is -2.58. The number of ether oxygens (including phenoxy) is 6. The summed E-state index contributed by atoms with van der Waals surface area (Å²) in [4.78, 5) is 47.0. The number of carbonyl (C=O) groups is 4. The van der Waals surface area contributed by atoms with Crippen LogP contribution in [0.2, 0.25) is 0 Å². The number of hydrogen-bond donors (Lipinski definition) is 0. The largest absolute Gasteiger partial charge is 0.466 e. The molecule has 1 aliphatic heterocycles. The van der Waals surface area contributed by atoms with Crippen LogP contribution in [0.5, 0.6) is 0 Å². The van der Waals surface area contributed by atoms with Crippen molar-refractivity contribution in [1.82, 2.24) is 0 Å². The van der Waals surface area contributed by atoms with Crippen molar-refractivity contribution in [3.8, 4) is 0 Å². The first-order valence-corrected chi connectivity index (χ1v) is 9.88. The Morgan fingerprint density at radius 1 is 0.933 bits per heavy atom. The van der Waals surface area contributed by atoms with Crippen molar-refractivity contribution in [2.24, 2.45) is 0 Å². The molecule has 0 bridgehead atoms. The summed E-state index contributed by atoms with van der Waals surface area (Å²) in [5, 5.41) is 0. The molecule has 0 spiro atoms. The highest BCUT2D eigenvalue weighted by Gasteiger charge is 2.48. The van der Waals surface area contributed by atoms with Gasteiger partial charge in [0.15, 0.2) is 12.2 Å². The molecule has 1 heterocycles. The molecule has 10 nitrogen and oxygen atoms in total. The van der Waals surface area contributed by atoms with Gasteiger partial charge in [-0.1, -0.05) is 20.8 Å². The minimum absolute atomic E-state index is 0.0644. The van der Waals surface area contributed by atoms with Crippen LogP contribution in [0.25, 0.3) is 0 Å². The first-order valence-electron chi connectivity index (χ1n) is 9.88. The molecule has 0 aromatic carbocycles. The zero-order chi connectivity index (χ0) is 22.7. The summed E-state index contributed by atoms with van der Waals surface area (Å²) in [6.07, 6.45) is -1.92. The molecule has 0 radical (unpaired) electrons. The van der Waals surface area contributed by atoms with Crippen LogP contribution in [0, 0.1) is 0 Å². The molecular weight excluding hydrogens is 400 g/mol. The molecule has 0 amide bonds. The van der Waals surface area contributed by atoms with E-state index in [1.807, 2.05) is 13.8 Å². The van der Waals surface area contributed by atoms with Gasteiger partial charge in [0.25, 0.3) is 0 Å². The van der Waals surface area contributed by atoms with Gasteiger partial charge in [-0.05, 0) is 13.3 Å². The van der Waals surface area contributed by atoms with E-state index < -0.39 is 48.5 Å². The van der Waals surface area contributed by atoms with Crippen molar-refractivity contribution >= 4 is 23.9 Å². The van der Waals surface area contributed by atoms with Crippen LogP contribution >= 0.6 is 0 Å². The Labute approximate surface area is 175 Å². The van der Waals surface area contributed by atoms with Gasteiger partial charge in [0.05, 0.1) is 19.8 Å². The van der Waals surface area contributed by atoms with E-state index in [4.69, 9.17) is 23.7 Å². The van der Waals surface area contributed by atoms with Crippen LogP contribution < -0.4 is 0 Å². The highest BCUT2D eigenvalue weighted by Crippen LogP contribution is 2.27. The van der Waals surface area contributed by atoms with Crippen LogP contribution in [0.3, 0.4) is 0 Å². The van der Waals surface area contributed by atoms with E-state index in [2.05, 4.69) is 4.74 Å². The number of methoxy groups -OCH3 is 1. The number of hydrogen-bond acceptors (Lipinski definition) is 10. The zero-order valence-electron chi connectivity index (χ0n) is 18.0. The fourth-order valence-electron chi connectivity index (χ4n) is 2.45. The first-order chi connectivity index (χ1) is 14.2. The predicted octanol–water partition coefficient (Wildman–Crippen LogP) is 1.44. The van der Waals surface area contributed by atoms with E-state index >= 15 is 0 Å². The average molecular weight is 430 g/mol. The van der Waals surface area contributed by atoms with Gasteiger partial charge in [0, 0.05) is 25.0 Å². The summed E-state index contributed by atoms with van der Waals surface area (Å²) < 4.78 is 31.9. The normalized spacial score (nSPS) is 24.7. The van der Waals surface area contributed by atoms with Crippen molar-refractivity contribution in [2.45, 2.75) is 77.7 Å². The Morgan fingerprint density at radius 2 is 1.53 bits per heavy atom. The average Bonchev–Trinajstić information content (AvgIpc) is 2.74. The van der Waals surface area contributed by atoms with E-state index in [1.165, 1.54) is 0 Å². The molecule has 0 N–H and O–H groups in total. The van der Waals surface area contributed by atoms with E-state index in [9.17, 15) is 19.2 Å². The minimum Gasteiger partial charge on any atom is -0.466 e. The van der Waals surface area contributed by atoms with Gasteiger partial charge in [-0.3, -0.25) is 9.59 Å². The summed E-state index contributed by atoms with van der Waals surface area (Å²) in [6, 6.07) is 0. The molecule has 5 atom stereocenters. The molecule has 1 aliphatic rings. The van der Waals surface area contributed by atoms with Crippen molar-refractivity contribution < 1.29 is 47.6 Å². The van der Waals surface area contributed by atoms with Crippen molar-refractivity contribution in [3.63, 3.8) is 0 Å². The Morgan fingerprint density at radius 3 is 2.10 bits per heavy atom. The van der Waals surface area contributed by atoms with Gasteiger partial charge in [-0.15, -0.1) is 0 Å². The quantitative estimate of drug-likeness (QED) is 0.286. The fourth-order valence-corrected chi connectivity index (χ4v) is 2.45. The predicted molar refractivity (Wildman–Crippen MR) is 102 cm³/mol. The second-order valence-corrected chi connectivity index (χ2v) is 6.50. The van der Waals surface area contributed by atoms with Crippen LogP contribution in [0.1, 0.15) is 47.0 Å². The number of carbonyl (C=O) groups excluding carboxylic acids is 4. The third-order valence-electron chi connectivity index (χ3n) is 4.26. The standard InChI is InChI=1S/C20H30O10/c1-6-12(4)27-18-13(28-14(21)7-2)11-26-20(19(18)29-15(22)8-3)30-17(24)10-9-16(23)25-5/h9-10,12-13,18-20H,6-8,11H2,1-5H3/b10-9+/t12?,13-,18-,19+,20-/m0/s1. The lowest BCUT2D eigenvalue weighted by atomic mass is 10.0. The molecule has 30 heavy (non-hydrogen) atoms. The molecule has 1 unspecified atom stereocenters. The molecule has 0 aromatic rings. The highest BCUT2D eigenvalue weighted by molar-refractivity contribution is 5.91. The maximum absolute atomic E-state index is 12.1. The van der Waals surface area contributed by atoms with Gasteiger partial charge in [0.1, 0.15) is 6.10 Å². The summed E-state index contributed by atoms with van der Waals surface area (Å²) in [7, 11) is 1.16. The maximum atomic E-state index is 12.1. The smallest absolute Gasteiger partial charge is 0.333 e. The van der Waals surface area contributed by atoms with E-state index in [0.29, 0.717) is 6.42 Å². The van der Waals surface area contributed by atoms with Crippen LogP contribution in [0.4, 0.5) is 0 Å². The summed E-state index contributed by atoms with van der Waals surface area (Å²) in [5.41, 5.74) is 0. The third kappa shape index (κ3) is 8.11. The monoisotopic (exact) mass is 430 g/mol. The molecule has 0 aliphatic carbocycles. The molecule has 1 rings (SSSR count). The van der Waals surface area contributed by atoms with Crippen LogP contribution in [-0.4, -0.2) is 68.3 Å². The van der Waals surface area contributed by atoms with Crippen LogP contribution in [-0.2, 0) is 47.6 Å². The van der Waals surface area contributed by atoms with E-state index in [0.717, 1.165) is 19.3 Å². The molecule has 1 fully saturated rings. The Bertz CT molecular complexity index is 629. The van der Waals surface area contributed by atoms with Gasteiger partial charge in [-0.25, -0.2) is 9.59 Å². The number of esters is 4. The first kappa shape index (κ1) is 25.6. The SMILES string of the molecule is CCC(=O)O[C@H]1[C@H](OC(=O)/C=C/C(=O)OC)OC[C@H](OC(=O)CC)[C@@H]1OC(C)CC. The third-order valence-corrected chi connectivity index (χ3v) is 4.26. The number of rotatable bonds is 10. The Hall–Kier alpha value is -2.46. The molecule has 1 saturated heterocycles. The molecule has 170 valence electrons. The summed E-state index contributed by atoms with van der Waals surface area (Å²) in [6.45, 7) is 6.83. The van der Waals surface area contributed by atoms with Crippen molar-refractivity contribution in [1.29, 1.82) is 0 Å². The maximum Gasteiger partial charge on any atom is 0.333 e. The van der Waals surface area contributed by atoms with Crippen LogP contribution in [0.15, 0.2) is 12.2 Å². The second kappa shape index (κ2) is 13.0. The minimum atomic E-state index is -1.32. The lowest BCUT2D eigenvalue weighted by Gasteiger charge is -2.41. The topological polar surface area (TPSA) is 124 Å². The van der Waals surface area contributed by atoms with E-state index in [1.54, 1.807) is 13.8 Å². The molecule has 10 heteroatoms. The van der Waals surface area contributed by atoms with Gasteiger partial charge in [-0.2, -0.15) is 0 Å². The lowest BCUT2D eigenvalue weighted by molar-refractivity contribution is -0.282. The summed E-state index contributed by atoms with van der Waals surface area (Å²) >= 11 is 0.